The van der Waals surface area contributed by atoms with Crippen LogP contribution in [0.4, 0.5) is 21.9 Å². The maximum Gasteiger partial charge on any atom is 0.410 e. The van der Waals surface area contributed by atoms with Gasteiger partial charge in [0, 0.05) is 40.3 Å². The Kier molecular flexibility index (Phi) is 5.77. The van der Waals surface area contributed by atoms with Crippen molar-refractivity contribution in [2.45, 2.75) is 26.4 Å². The average molecular weight is 348 g/mol. The quantitative estimate of drug-likeness (QED) is 0.847. The molecule has 0 aromatic heterocycles. The summed E-state index contributed by atoms with van der Waals surface area (Å²) in [5.41, 5.74) is 2.22. The molecule has 7 nitrogen and oxygen atoms in total. The number of carbonyl (C=O) groups is 2. The fraction of sp³-hybridized carbons (Fsp3) is 0.556. The third-order valence-electron chi connectivity index (χ3n) is 4.07. The minimum atomic E-state index is -0.491. The summed E-state index contributed by atoms with van der Waals surface area (Å²) in [7, 11) is 3.57. The number of nitrogens with zero attached hydrogens (tertiary/aromatic N) is 3. The van der Waals surface area contributed by atoms with Gasteiger partial charge in [-0.15, -0.1) is 0 Å². The van der Waals surface area contributed by atoms with Crippen molar-refractivity contribution in [3.63, 3.8) is 0 Å². The van der Waals surface area contributed by atoms with Gasteiger partial charge >= 0.3 is 6.09 Å². The first kappa shape index (κ1) is 18.9. The zero-order chi connectivity index (χ0) is 18.6. The number of amides is 2. The Hall–Kier alpha value is -2.44. The van der Waals surface area contributed by atoms with E-state index in [2.05, 4.69) is 10.2 Å². The molecule has 1 aromatic carbocycles. The Morgan fingerprint density at radius 3 is 2.40 bits per heavy atom. The lowest BCUT2D eigenvalue weighted by Gasteiger charge is -2.38. The molecule has 0 spiro atoms. The van der Waals surface area contributed by atoms with Gasteiger partial charge in [-0.2, -0.15) is 0 Å². The topological polar surface area (TPSA) is 65.1 Å². The molecule has 25 heavy (non-hydrogen) atoms. The fourth-order valence-corrected chi connectivity index (χ4v) is 2.87. The van der Waals surface area contributed by atoms with Crippen molar-refractivity contribution in [1.29, 1.82) is 0 Å². The molecular weight excluding hydrogens is 320 g/mol. The van der Waals surface area contributed by atoms with Crippen LogP contribution in [-0.2, 0) is 9.53 Å². The van der Waals surface area contributed by atoms with Gasteiger partial charge in [-0.1, -0.05) is 6.07 Å². The molecule has 2 rings (SSSR count). The number of piperazine rings is 1. The molecule has 0 unspecified atom stereocenters. The van der Waals surface area contributed by atoms with Gasteiger partial charge in [0.25, 0.3) is 0 Å². The Morgan fingerprint density at radius 1 is 1.24 bits per heavy atom. The Balaban J connectivity index is 2.13. The molecule has 0 bridgehead atoms. The number of hydrogen-bond donors (Lipinski definition) is 1. The van der Waals surface area contributed by atoms with Gasteiger partial charge in [-0.05, 0) is 32.9 Å². The summed E-state index contributed by atoms with van der Waals surface area (Å²) in [5, 5.41) is 3.13. The monoisotopic (exact) mass is 348 g/mol. The summed E-state index contributed by atoms with van der Waals surface area (Å²) in [6.07, 6.45) is 0.526. The predicted molar refractivity (Wildman–Crippen MR) is 100 cm³/mol. The van der Waals surface area contributed by atoms with Gasteiger partial charge in [0.15, 0.2) is 0 Å². The van der Waals surface area contributed by atoms with Crippen molar-refractivity contribution in [3.05, 3.63) is 18.2 Å². The molecule has 0 atom stereocenters. The lowest BCUT2D eigenvalue weighted by atomic mass is 10.1. The molecule has 1 aliphatic heterocycles. The summed E-state index contributed by atoms with van der Waals surface area (Å²) in [4.78, 5) is 29.0. The van der Waals surface area contributed by atoms with Crippen LogP contribution in [0.3, 0.4) is 0 Å². The van der Waals surface area contributed by atoms with Gasteiger partial charge in [-0.25, -0.2) is 4.79 Å². The van der Waals surface area contributed by atoms with Crippen LogP contribution in [-0.4, -0.2) is 63.3 Å². The lowest BCUT2D eigenvalue weighted by Crippen LogP contribution is -2.50. The molecule has 2 amide bonds. The van der Waals surface area contributed by atoms with E-state index in [0.717, 1.165) is 23.5 Å². The molecule has 0 radical (unpaired) electrons. The van der Waals surface area contributed by atoms with Crippen LogP contribution < -0.4 is 15.1 Å². The molecule has 7 heteroatoms. The third-order valence-corrected chi connectivity index (χ3v) is 4.07. The van der Waals surface area contributed by atoms with E-state index in [-0.39, 0.29) is 6.09 Å². The first-order valence-corrected chi connectivity index (χ1v) is 8.48. The van der Waals surface area contributed by atoms with Crippen molar-refractivity contribution >= 4 is 29.6 Å². The van der Waals surface area contributed by atoms with E-state index in [1.54, 1.807) is 16.8 Å². The highest BCUT2D eigenvalue weighted by Gasteiger charge is 2.27. The molecule has 1 saturated heterocycles. The van der Waals surface area contributed by atoms with E-state index < -0.39 is 5.60 Å². The number of rotatable bonds is 4. The van der Waals surface area contributed by atoms with E-state index in [0.29, 0.717) is 26.2 Å². The number of benzene rings is 1. The molecule has 138 valence electrons. The summed E-state index contributed by atoms with van der Waals surface area (Å²) in [6, 6.07) is 5.90. The number of para-hydroxylation sites is 1. The SMILES string of the molecule is CNc1cccc(N2CCN(C(=O)OC(C)(C)C)CC2)c1N(C)C=O. The van der Waals surface area contributed by atoms with Crippen molar-refractivity contribution in [2.24, 2.45) is 0 Å². The normalized spacial score (nSPS) is 14.9. The highest BCUT2D eigenvalue weighted by Crippen LogP contribution is 2.36. The second kappa shape index (κ2) is 7.63. The number of carbonyl (C=O) groups excluding carboxylic acids is 2. The number of ether oxygens (including phenoxy) is 1. The van der Waals surface area contributed by atoms with E-state index in [4.69, 9.17) is 4.74 Å². The Morgan fingerprint density at radius 2 is 1.88 bits per heavy atom. The Labute approximate surface area is 149 Å². The van der Waals surface area contributed by atoms with Crippen molar-refractivity contribution in [3.8, 4) is 0 Å². The van der Waals surface area contributed by atoms with Crippen LogP contribution in [0.25, 0.3) is 0 Å². The highest BCUT2D eigenvalue weighted by atomic mass is 16.6. The van der Waals surface area contributed by atoms with E-state index in [1.807, 2.05) is 46.0 Å². The first-order valence-electron chi connectivity index (χ1n) is 8.48. The predicted octanol–water partition coefficient (Wildman–Crippen LogP) is 2.38. The van der Waals surface area contributed by atoms with Crippen molar-refractivity contribution in [1.82, 2.24) is 4.90 Å². The summed E-state index contributed by atoms with van der Waals surface area (Å²) >= 11 is 0. The number of hydrogen-bond acceptors (Lipinski definition) is 5. The van der Waals surface area contributed by atoms with Crippen molar-refractivity contribution < 1.29 is 14.3 Å². The largest absolute Gasteiger partial charge is 0.444 e. The van der Waals surface area contributed by atoms with E-state index in [1.165, 1.54) is 0 Å². The fourth-order valence-electron chi connectivity index (χ4n) is 2.87. The zero-order valence-electron chi connectivity index (χ0n) is 15.7. The van der Waals surface area contributed by atoms with Gasteiger partial charge in [-0.3, -0.25) is 4.79 Å². The molecule has 1 heterocycles. The van der Waals surface area contributed by atoms with Gasteiger partial charge in [0.2, 0.25) is 6.41 Å². The van der Waals surface area contributed by atoms with Gasteiger partial charge in [0.05, 0.1) is 17.1 Å². The van der Waals surface area contributed by atoms with Gasteiger partial charge in [0.1, 0.15) is 5.60 Å². The molecule has 1 aliphatic rings. The van der Waals surface area contributed by atoms with Crippen molar-refractivity contribution in [2.75, 3.05) is 55.4 Å². The smallest absolute Gasteiger partial charge is 0.410 e. The average Bonchev–Trinajstić information content (AvgIpc) is 2.59. The van der Waals surface area contributed by atoms with Crippen LogP contribution >= 0.6 is 0 Å². The van der Waals surface area contributed by atoms with Crippen LogP contribution in [0.2, 0.25) is 0 Å². The first-order chi connectivity index (χ1) is 11.8. The number of anilines is 3. The summed E-state index contributed by atoms with van der Waals surface area (Å²) < 4.78 is 5.44. The summed E-state index contributed by atoms with van der Waals surface area (Å²) in [5.74, 6) is 0. The highest BCUT2D eigenvalue weighted by molar-refractivity contribution is 5.92. The number of nitrogens with one attached hydrogen (secondary N) is 1. The molecule has 0 saturated carbocycles. The standard InChI is InChI=1S/C18H28N4O3/c1-18(2,3)25-17(24)22-11-9-21(10-12-22)15-8-6-7-14(19-4)16(15)20(5)13-23/h6-8,13,19H,9-12H2,1-5H3. The molecule has 0 aliphatic carbocycles. The van der Waals surface area contributed by atoms with Gasteiger partial charge < -0.3 is 24.8 Å². The Bertz CT molecular complexity index is 619. The maximum absolute atomic E-state index is 12.2. The van der Waals surface area contributed by atoms with E-state index >= 15 is 0 Å². The minimum absolute atomic E-state index is 0.277. The molecular formula is C18H28N4O3. The maximum atomic E-state index is 12.2. The molecule has 1 fully saturated rings. The second-order valence-electron chi connectivity index (χ2n) is 7.09. The van der Waals surface area contributed by atoms with E-state index in [9.17, 15) is 9.59 Å². The van der Waals surface area contributed by atoms with Crippen LogP contribution in [0.5, 0.6) is 0 Å². The van der Waals surface area contributed by atoms with Crippen LogP contribution in [0.15, 0.2) is 18.2 Å². The molecule has 1 N–H and O–H groups in total. The molecule has 1 aromatic rings. The minimum Gasteiger partial charge on any atom is -0.444 e. The second-order valence-corrected chi connectivity index (χ2v) is 7.09. The lowest BCUT2D eigenvalue weighted by molar-refractivity contribution is -0.107. The summed E-state index contributed by atoms with van der Waals surface area (Å²) in [6.45, 7) is 8.15. The van der Waals surface area contributed by atoms with Crippen LogP contribution in [0, 0.1) is 0 Å². The third kappa shape index (κ3) is 4.55. The zero-order valence-corrected chi connectivity index (χ0v) is 15.7. The van der Waals surface area contributed by atoms with Crippen LogP contribution in [0.1, 0.15) is 20.8 Å².